The third kappa shape index (κ3) is 3.07. The Morgan fingerprint density at radius 2 is 1.90 bits per heavy atom. The van der Waals surface area contributed by atoms with E-state index in [1.807, 2.05) is 36.6 Å². The van der Waals surface area contributed by atoms with Crippen LogP contribution in [-0.2, 0) is 4.74 Å². The van der Waals surface area contributed by atoms with Gasteiger partial charge in [-0.05, 0) is 48.9 Å². The molecule has 29 heavy (non-hydrogen) atoms. The van der Waals surface area contributed by atoms with E-state index in [4.69, 9.17) is 9.15 Å². The summed E-state index contributed by atoms with van der Waals surface area (Å²) in [6, 6.07) is 14.7. The molecule has 2 atom stereocenters. The van der Waals surface area contributed by atoms with Crippen LogP contribution in [-0.4, -0.2) is 36.3 Å². The van der Waals surface area contributed by atoms with Gasteiger partial charge in [-0.15, -0.1) is 11.8 Å². The highest BCUT2D eigenvalue weighted by Gasteiger charge is 2.43. The van der Waals surface area contributed by atoms with E-state index >= 15 is 0 Å². The van der Waals surface area contributed by atoms with Gasteiger partial charge in [0.15, 0.2) is 5.43 Å². The molecule has 5 rings (SSSR count). The van der Waals surface area contributed by atoms with E-state index in [1.165, 1.54) is 0 Å². The molecule has 1 aromatic heterocycles. The molecule has 3 heterocycles. The lowest BCUT2D eigenvalue weighted by molar-refractivity contribution is 0.0486. The first-order chi connectivity index (χ1) is 14.2. The van der Waals surface area contributed by atoms with Crippen LogP contribution in [0.15, 0.2) is 62.6 Å². The summed E-state index contributed by atoms with van der Waals surface area (Å²) in [5.74, 6) is -0.0806. The molecule has 0 unspecified atom stereocenters. The third-order valence-corrected chi connectivity index (χ3v) is 6.47. The maximum Gasteiger partial charge on any atom is 0.291 e. The Morgan fingerprint density at radius 1 is 1.10 bits per heavy atom. The Hall–Kier alpha value is -2.57. The first-order valence-corrected chi connectivity index (χ1v) is 11.0. The average Bonchev–Trinajstić information content (AvgIpc) is 3.36. The van der Waals surface area contributed by atoms with Crippen molar-refractivity contribution >= 4 is 28.6 Å². The summed E-state index contributed by atoms with van der Waals surface area (Å²) < 4.78 is 11.7. The molecule has 2 aromatic carbocycles. The number of benzene rings is 2. The number of carbonyl (C=O) groups excluding carboxylic acids is 1. The van der Waals surface area contributed by atoms with E-state index in [0.717, 1.165) is 23.3 Å². The number of carbonyl (C=O) groups is 1. The SMILES string of the molecule is CSc1ccc([C@H]2c3c(oc4ccccc4c3=O)C(=O)N2C[C@H]2CCCO2)cc1. The molecular weight excluding hydrogens is 386 g/mol. The topological polar surface area (TPSA) is 59.8 Å². The molecule has 0 spiro atoms. The van der Waals surface area contributed by atoms with Crippen LogP contribution >= 0.6 is 11.8 Å². The van der Waals surface area contributed by atoms with Crippen molar-refractivity contribution < 1.29 is 13.9 Å². The van der Waals surface area contributed by atoms with Crippen LogP contribution in [0.3, 0.4) is 0 Å². The summed E-state index contributed by atoms with van der Waals surface area (Å²) in [7, 11) is 0. The van der Waals surface area contributed by atoms with E-state index in [1.54, 1.807) is 34.9 Å². The van der Waals surface area contributed by atoms with Gasteiger partial charge in [0.2, 0.25) is 5.76 Å². The van der Waals surface area contributed by atoms with Crippen LogP contribution in [0.25, 0.3) is 11.0 Å². The zero-order valence-corrected chi connectivity index (χ0v) is 16.9. The lowest BCUT2D eigenvalue weighted by Crippen LogP contribution is -2.36. The van der Waals surface area contributed by atoms with Gasteiger partial charge in [0.25, 0.3) is 5.91 Å². The van der Waals surface area contributed by atoms with Crippen molar-refractivity contribution in [1.29, 1.82) is 0 Å². The molecule has 1 fully saturated rings. The molecule has 0 bridgehead atoms. The molecule has 6 heteroatoms. The monoisotopic (exact) mass is 407 g/mol. The number of nitrogens with zero attached hydrogens (tertiary/aromatic N) is 1. The first kappa shape index (κ1) is 18.5. The molecule has 0 saturated carbocycles. The maximum absolute atomic E-state index is 13.4. The van der Waals surface area contributed by atoms with E-state index < -0.39 is 6.04 Å². The normalized spacial score (nSPS) is 21.1. The lowest BCUT2D eigenvalue weighted by atomic mass is 9.98. The van der Waals surface area contributed by atoms with Crippen LogP contribution in [0.2, 0.25) is 0 Å². The number of thioether (sulfide) groups is 1. The summed E-state index contributed by atoms with van der Waals surface area (Å²) in [6.07, 6.45) is 3.93. The fourth-order valence-corrected chi connectivity index (χ4v) is 4.70. The summed E-state index contributed by atoms with van der Waals surface area (Å²) in [6.45, 7) is 1.17. The van der Waals surface area contributed by atoms with Gasteiger partial charge in [-0.2, -0.15) is 0 Å². The van der Waals surface area contributed by atoms with E-state index in [-0.39, 0.29) is 23.2 Å². The second-order valence-corrected chi connectivity index (χ2v) is 8.32. The molecule has 148 valence electrons. The van der Waals surface area contributed by atoms with Gasteiger partial charge in [0, 0.05) is 18.0 Å². The second kappa shape index (κ2) is 7.35. The van der Waals surface area contributed by atoms with Crippen molar-refractivity contribution in [3.05, 3.63) is 75.6 Å². The molecule has 3 aromatic rings. The summed E-state index contributed by atoms with van der Waals surface area (Å²) in [4.78, 5) is 29.6. The fraction of sp³-hybridized carbons (Fsp3) is 0.304. The molecule has 0 N–H and O–H groups in total. The van der Waals surface area contributed by atoms with Gasteiger partial charge < -0.3 is 14.1 Å². The summed E-state index contributed by atoms with van der Waals surface area (Å²) in [5, 5.41) is 0.503. The van der Waals surface area contributed by atoms with Crippen molar-refractivity contribution in [1.82, 2.24) is 4.90 Å². The summed E-state index contributed by atoms with van der Waals surface area (Å²) in [5.41, 5.74) is 1.66. The number of fused-ring (bicyclic) bond motifs is 2. The molecular formula is C23H21NO4S. The smallest absolute Gasteiger partial charge is 0.291 e. The molecule has 0 radical (unpaired) electrons. The molecule has 0 aliphatic carbocycles. The Balaban J connectivity index is 1.68. The minimum atomic E-state index is -0.460. The minimum absolute atomic E-state index is 0.00856. The Bertz CT molecular complexity index is 1130. The maximum atomic E-state index is 13.4. The number of hydrogen-bond acceptors (Lipinski definition) is 5. The predicted octanol–water partition coefficient (Wildman–Crippen LogP) is 4.24. The zero-order valence-electron chi connectivity index (χ0n) is 16.1. The van der Waals surface area contributed by atoms with Gasteiger partial charge >= 0.3 is 0 Å². The number of rotatable bonds is 4. The fourth-order valence-electron chi connectivity index (χ4n) is 4.30. The van der Waals surface area contributed by atoms with Crippen LogP contribution in [0.4, 0.5) is 0 Å². The predicted molar refractivity (Wildman–Crippen MR) is 113 cm³/mol. The quantitative estimate of drug-likeness (QED) is 0.606. The number of hydrogen-bond donors (Lipinski definition) is 0. The largest absolute Gasteiger partial charge is 0.450 e. The van der Waals surface area contributed by atoms with Gasteiger partial charge in [-0.1, -0.05) is 24.3 Å². The minimum Gasteiger partial charge on any atom is -0.450 e. The Kier molecular flexibility index (Phi) is 4.68. The van der Waals surface area contributed by atoms with Crippen LogP contribution < -0.4 is 5.43 Å². The summed E-state index contributed by atoms with van der Waals surface area (Å²) >= 11 is 1.66. The Labute approximate surface area is 172 Å². The van der Waals surface area contributed by atoms with Crippen molar-refractivity contribution in [2.24, 2.45) is 0 Å². The van der Waals surface area contributed by atoms with E-state index in [2.05, 4.69) is 0 Å². The van der Waals surface area contributed by atoms with Crippen molar-refractivity contribution in [2.75, 3.05) is 19.4 Å². The van der Waals surface area contributed by atoms with Crippen LogP contribution in [0.5, 0.6) is 0 Å². The molecule has 1 amide bonds. The molecule has 5 nitrogen and oxygen atoms in total. The first-order valence-electron chi connectivity index (χ1n) is 9.79. The van der Waals surface area contributed by atoms with Crippen LogP contribution in [0, 0.1) is 0 Å². The molecule has 1 saturated heterocycles. The highest BCUT2D eigenvalue weighted by molar-refractivity contribution is 7.98. The van der Waals surface area contributed by atoms with Crippen molar-refractivity contribution in [2.45, 2.75) is 29.9 Å². The molecule has 2 aliphatic heterocycles. The lowest BCUT2D eigenvalue weighted by Gasteiger charge is -2.27. The van der Waals surface area contributed by atoms with Crippen LogP contribution in [0.1, 0.15) is 40.6 Å². The standard InChI is InChI=1S/C23H21NO4S/c1-29-16-10-8-14(9-11-16)20-19-21(25)17-6-2-3-7-18(17)28-22(19)23(26)24(20)13-15-5-4-12-27-15/h2-3,6-11,15,20H,4-5,12-13H2,1H3/t15-,20+/m1/s1. The third-order valence-electron chi connectivity index (χ3n) is 5.73. The molecule has 2 aliphatic rings. The van der Waals surface area contributed by atoms with Gasteiger partial charge in [-0.25, -0.2) is 0 Å². The van der Waals surface area contributed by atoms with Gasteiger partial charge in [0.05, 0.1) is 23.1 Å². The second-order valence-electron chi connectivity index (χ2n) is 7.44. The highest BCUT2D eigenvalue weighted by Crippen LogP contribution is 2.39. The zero-order chi connectivity index (χ0) is 20.0. The van der Waals surface area contributed by atoms with E-state index in [0.29, 0.717) is 29.7 Å². The average molecular weight is 407 g/mol. The van der Waals surface area contributed by atoms with E-state index in [9.17, 15) is 9.59 Å². The number of amides is 1. The van der Waals surface area contributed by atoms with Crippen molar-refractivity contribution in [3.8, 4) is 0 Å². The Morgan fingerprint density at radius 3 is 2.62 bits per heavy atom. The van der Waals surface area contributed by atoms with Gasteiger partial charge in [-0.3, -0.25) is 9.59 Å². The number of para-hydroxylation sites is 1. The van der Waals surface area contributed by atoms with Crippen molar-refractivity contribution in [3.63, 3.8) is 0 Å². The highest BCUT2D eigenvalue weighted by atomic mass is 32.2. The number of ether oxygens (including phenoxy) is 1. The van der Waals surface area contributed by atoms with Gasteiger partial charge in [0.1, 0.15) is 5.58 Å².